The van der Waals surface area contributed by atoms with Gasteiger partial charge in [-0.15, -0.1) is 5.53 Å². The van der Waals surface area contributed by atoms with E-state index in [9.17, 15) is 14.4 Å². The molecule has 1 atom stereocenters. The molecule has 208 valence electrons. The number of carbonyl (C=O) groups excluding carboxylic acids is 2. The summed E-state index contributed by atoms with van der Waals surface area (Å²) in [5, 5.41) is 5.46. The minimum absolute atomic E-state index is 0.0368. The zero-order chi connectivity index (χ0) is 28.2. The minimum atomic E-state index is -0.779. The Bertz CT molecular complexity index is 1490. The fourth-order valence-corrected chi connectivity index (χ4v) is 5.33. The van der Waals surface area contributed by atoms with E-state index >= 15 is 0 Å². The Morgan fingerprint density at radius 3 is 2.50 bits per heavy atom. The van der Waals surface area contributed by atoms with Gasteiger partial charge in [-0.2, -0.15) is 0 Å². The van der Waals surface area contributed by atoms with Gasteiger partial charge in [0.2, 0.25) is 11.8 Å². The zero-order valence-corrected chi connectivity index (χ0v) is 23.3. The second kappa shape index (κ2) is 12.1. The summed E-state index contributed by atoms with van der Waals surface area (Å²) in [6, 6.07) is 15.5. The van der Waals surface area contributed by atoms with Crippen LogP contribution in [0.1, 0.15) is 31.4 Å². The van der Waals surface area contributed by atoms with Crippen molar-refractivity contribution >= 4 is 40.7 Å². The van der Waals surface area contributed by atoms with Crippen LogP contribution in [0.3, 0.4) is 0 Å². The van der Waals surface area contributed by atoms with Crippen molar-refractivity contribution in [2.24, 2.45) is 0 Å². The summed E-state index contributed by atoms with van der Waals surface area (Å²) in [5.41, 5.74) is 7.97. The number of hydrogen-bond acceptors (Lipinski definition) is 7. The van der Waals surface area contributed by atoms with Crippen LogP contribution in [0, 0.1) is 0 Å². The number of nitrogens with zero attached hydrogens (tertiary/aromatic N) is 4. The molecule has 2 amide bonds. The lowest BCUT2D eigenvalue weighted by atomic mass is 10.0. The molecule has 2 aliphatic heterocycles. The monoisotopic (exact) mass is 581 g/mol. The summed E-state index contributed by atoms with van der Waals surface area (Å²) in [5.74, 6) is -0.236. The van der Waals surface area contributed by atoms with Crippen molar-refractivity contribution in [2.45, 2.75) is 38.3 Å². The van der Waals surface area contributed by atoms with E-state index in [1.807, 2.05) is 30.3 Å². The lowest BCUT2D eigenvalue weighted by Crippen LogP contribution is -2.49. The molecule has 2 aliphatic rings. The standard InChI is InChI=1S/C28H29Cl2N7O3/c1-18(38)32-21-9-11-35(12-10-21)28(40)25(13-19-5-3-2-4-6-19)36-17-31-23(15-27(36)39)22-14-20(29)7-8-24(22)37-16-26(30)33-34-37/h2-8,14-17,21,25,33-34H,9-13H2,1H3,(H,32,38)/t25-/m0/s1. The summed E-state index contributed by atoms with van der Waals surface area (Å²) < 4.78 is 1.40. The number of carbonyl (C=O) groups is 2. The number of benzene rings is 2. The van der Waals surface area contributed by atoms with Gasteiger partial charge < -0.3 is 10.2 Å². The van der Waals surface area contributed by atoms with Crippen molar-refractivity contribution in [3.8, 4) is 11.3 Å². The molecule has 3 heterocycles. The van der Waals surface area contributed by atoms with Gasteiger partial charge in [-0.1, -0.05) is 53.5 Å². The van der Waals surface area contributed by atoms with Gasteiger partial charge in [-0.3, -0.25) is 29.4 Å². The Kier molecular flexibility index (Phi) is 8.39. The third-order valence-corrected chi connectivity index (χ3v) is 7.40. The molecule has 3 aromatic rings. The number of hydrogen-bond donors (Lipinski definition) is 3. The van der Waals surface area contributed by atoms with E-state index in [2.05, 4.69) is 21.3 Å². The highest BCUT2D eigenvalue weighted by atomic mass is 35.5. The van der Waals surface area contributed by atoms with Crippen LogP contribution in [0.2, 0.25) is 5.02 Å². The van der Waals surface area contributed by atoms with Gasteiger partial charge in [-0.25, -0.2) is 4.98 Å². The van der Waals surface area contributed by atoms with Gasteiger partial charge in [0.05, 0.1) is 23.9 Å². The summed E-state index contributed by atoms with van der Waals surface area (Å²) in [7, 11) is 0. The maximum Gasteiger partial charge on any atom is 0.254 e. The Balaban J connectivity index is 1.46. The largest absolute Gasteiger partial charge is 0.353 e. The van der Waals surface area contributed by atoms with Crippen LogP contribution in [-0.4, -0.2) is 45.4 Å². The average Bonchev–Trinajstić information content (AvgIpc) is 3.38. The van der Waals surface area contributed by atoms with E-state index in [1.54, 1.807) is 34.3 Å². The topological polar surface area (TPSA) is 112 Å². The van der Waals surface area contributed by atoms with E-state index in [-0.39, 0.29) is 23.4 Å². The number of likely N-dealkylation sites (tertiary alicyclic amines) is 1. The van der Waals surface area contributed by atoms with Gasteiger partial charge in [0.1, 0.15) is 11.2 Å². The fraction of sp³-hybridized carbons (Fsp3) is 0.286. The van der Waals surface area contributed by atoms with Crippen LogP contribution in [0.4, 0.5) is 5.69 Å². The SMILES string of the molecule is CC(=O)NC1CCN(C(=O)[C@H](Cc2ccccc2)n2cnc(-c3cc(Cl)ccc3N3C=C(Cl)NN3)cc2=O)CC1. The average molecular weight is 582 g/mol. The van der Waals surface area contributed by atoms with Crippen LogP contribution < -0.4 is 26.8 Å². The molecule has 0 unspecified atom stereocenters. The van der Waals surface area contributed by atoms with Crippen LogP contribution in [-0.2, 0) is 16.0 Å². The molecule has 1 fully saturated rings. The Hall–Kier alpha value is -3.86. The molecule has 5 rings (SSSR count). The van der Waals surface area contributed by atoms with Crippen LogP contribution in [0.5, 0.6) is 0 Å². The molecule has 0 radical (unpaired) electrons. The number of aromatic nitrogens is 2. The van der Waals surface area contributed by atoms with Crippen molar-refractivity contribution in [3.05, 3.63) is 93.2 Å². The summed E-state index contributed by atoms with van der Waals surface area (Å²) in [6.45, 7) is 2.48. The molecule has 0 bridgehead atoms. The van der Waals surface area contributed by atoms with E-state index in [0.717, 1.165) is 5.56 Å². The van der Waals surface area contributed by atoms with Gasteiger partial charge in [0.25, 0.3) is 5.56 Å². The number of nitrogens with one attached hydrogen (secondary N) is 3. The molecule has 1 saturated heterocycles. The lowest BCUT2D eigenvalue weighted by molar-refractivity contribution is -0.136. The van der Waals surface area contributed by atoms with E-state index in [0.29, 0.717) is 59.5 Å². The van der Waals surface area contributed by atoms with Crippen molar-refractivity contribution in [1.82, 2.24) is 30.7 Å². The number of hydrazine groups is 2. The molecule has 0 saturated carbocycles. The highest BCUT2D eigenvalue weighted by Crippen LogP contribution is 2.32. The molecule has 0 spiro atoms. The molecule has 2 aromatic carbocycles. The predicted octanol–water partition coefficient (Wildman–Crippen LogP) is 3.34. The second-order valence-electron chi connectivity index (χ2n) is 9.77. The van der Waals surface area contributed by atoms with Crippen molar-refractivity contribution < 1.29 is 9.59 Å². The lowest BCUT2D eigenvalue weighted by Gasteiger charge is -2.34. The third-order valence-electron chi connectivity index (χ3n) is 6.97. The fourth-order valence-electron chi connectivity index (χ4n) is 5.02. The van der Waals surface area contributed by atoms with Crippen LogP contribution in [0.15, 0.2) is 77.1 Å². The normalized spacial score (nSPS) is 16.3. The van der Waals surface area contributed by atoms with Crippen molar-refractivity contribution in [2.75, 3.05) is 18.1 Å². The quantitative estimate of drug-likeness (QED) is 0.367. The first-order chi connectivity index (χ1) is 19.3. The van der Waals surface area contributed by atoms with Crippen molar-refractivity contribution in [3.63, 3.8) is 0 Å². The Morgan fingerprint density at radius 1 is 1.10 bits per heavy atom. The number of halogens is 2. The first kappa shape index (κ1) is 27.7. The zero-order valence-electron chi connectivity index (χ0n) is 21.8. The predicted molar refractivity (Wildman–Crippen MR) is 154 cm³/mol. The molecule has 0 aliphatic carbocycles. The van der Waals surface area contributed by atoms with Crippen LogP contribution in [0.25, 0.3) is 11.3 Å². The second-order valence-corrected chi connectivity index (χ2v) is 10.6. The smallest absolute Gasteiger partial charge is 0.254 e. The van der Waals surface area contributed by atoms with Gasteiger partial charge in [0.15, 0.2) is 0 Å². The molecule has 40 heavy (non-hydrogen) atoms. The number of amides is 2. The maximum absolute atomic E-state index is 13.8. The first-order valence-corrected chi connectivity index (χ1v) is 13.7. The van der Waals surface area contributed by atoms with E-state index in [4.69, 9.17) is 23.2 Å². The summed E-state index contributed by atoms with van der Waals surface area (Å²) in [4.78, 5) is 45.2. The number of rotatable bonds is 7. The highest BCUT2D eigenvalue weighted by molar-refractivity contribution is 6.31. The summed E-state index contributed by atoms with van der Waals surface area (Å²) in [6.07, 6.45) is 4.73. The third kappa shape index (κ3) is 6.30. The highest BCUT2D eigenvalue weighted by Gasteiger charge is 2.31. The molecule has 12 heteroatoms. The van der Waals surface area contributed by atoms with Crippen molar-refractivity contribution in [1.29, 1.82) is 0 Å². The maximum atomic E-state index is 13.8. The Labute approximate surface area is 241 Å². The molecule has 3 N–H and O–H groups in total. The minimum Gasteiger partial charge on any atom is -0.353 e. The molecular weight excluding hydrogens is 553 g/mol. The van der Waals surface area contributed by atoms with E-state index in [1.165, 1.54) is 23.9 Å². The molecule has 1 aromatic heterocycles. The van der Waals surface area contributed by atoms with E-state index < -0.39 is 6.04 Å². The molecular formula is C28H29Cl2N7O3. The number of piperidine rings is 1. The summed E-state index contributed by atoms with van der Waals surface area (Å²) >= 11 is 12.4. The van der Waals surface area contributed by atoms with Gasteiger partial charge >= 0.3 is 0 Å². The van der Waals surface area contributed by atoms with Crippen LogP contribution >= 0.6 is 23.2 Å². The van der Waals surface area contributed by atoms with Gasteiger partial charge in [-0.05, 0) is 36.6 Å². The number of anilines is 1. The Morgan fingerprint density at radius 2 is 1.85 bits per heavy atom. The van der Waals surface area contributed by atoms with Gasteiger partial charge in [0, 0.05) is 49.1 Å². The molecule has 10 nitrogen and oxygen atoms in total. The first-order valence-electron chi connectivity index (χ1n) is 12.9.